The number of nitrogens with zero attached hydrogens (tertiary/aromatic N) is 1. The van der Waals surface area contributed by atoms with Gasteiger partial charge in [0.25, 0.3) is 5.91 Å². The number of halogens is 5. The molecule has 4 nitrogen and oxygen atoms in total. The summed E-state index contributed by atoms with van der Waals surface area (Å²) in [5, 5.41) is 13.9. The molecule has 0 saturated heterocycles. The third-order valence-electron chi connectivity index (χ3n) is 4.17. The van der Waals surface area contributed by atoms with Gasteiger partial charge in [-0.25, -0.2) is 0 Å². The number of hydrogen-bond acceptors (Lipinski definition) is 3. The van der Waals surface area contributed by atoms with Crippen molar-refractivity contribution < 1.29 is 9.53 Å². The first-order valence-corrected chi connectivity index (χ1v) is 10.9. The molecule has 0 bridgehead atoms. The zero-order valence-electron chi connectivity index (χ0n) is 16.1. The Hall–Kier alpha value is -2.39. The lowest BCUT2D eigenvalue weighted by Gasteiger charge is -2.12. The van der Waals surface area contributed by atoms with Crippen molar-refractivity contribution in [1.82, 2.24) is 0 Å². The van der Waals surface area contributed by atoms with Crippen molar-refractivity contribution in [1.29, 1.82) is 5.26 Å². The molecule has 0 aliphatic rings. The third-order valence-corrected chi connectivity index (χ3v) is 5.55. The number of anilines is 1. The maximum atomic E-state index is 12.5. The van der Waals surface area contributed by atoms with Crippen LogP contribution < -0.4 is 10.1 Å². The number of hydrogen-bond donors (Lipinski definition) is 1. The zero-order chi connectivity index (χ0) is 23.3. The molecule has 0 saturated carbocycles. The largest absolute Gasteiger partial charge is 0.486 e. The number of nitrogens with one attached hydrogen (secondary N) is 1. The molecule has 3 aromatic carbocycles. The predicted molar refractivity (Wildman–Crippen MR) is 131 cm³/mol. The van der Waals surface area contributed by atoms with Crippen molar-refractivity contribution in [2.75, 3.05) is 5.32 Å². The Morgan fingerprint density at radius 3 is 2.25 bits per heavy atom. The van der Waals surface area contributed by atoms with E-state index in [9.17, 15) is 10.1 Å². The van der Waals surface area contributed by atoms with E-state index in [1.165, 1.54) is 18.2 Å². The van der Waals surface area contributed by atoms with Gasteiger partial charge >= 0.3 is 0 Å². The molecular weight excluding hydrogens is 514 g/mol. The van der Waals surface area contributed by atoms with Gasteiger partial charge in [-0.2, -0.15) is 5.26 Å². The van der Waals surface area contributed by atoms with Gasteiger partial charge < -0.3 is 10.1 Å². The maximum absolute atomic E-state index is 12.5. The quantitative estimate of drug-likeness (QED) is 0.261. The summed E-state index contributed by atoms with van der Waals surface area (Å²) in [7, 11) is 0. The van der Waals surface area contributed by atoms with Crippen LogP contribution in [0, 0.1) is 11.3 Å². The lowest BCUT2D eigenvalue weighted by molar-refractivity contribution is -0.112. The first-order chi connectivity index (χ1) is 15.3. The van der Waals surface area contributed by atoms with Gasteiger partial charge in [-0.15, -0.1) is 0 Å². The number of nitriles is 1. The van der Waals surface area contributed by atoms with Gasteiger partial charge in [0.05, 0.1) is 10.0 Å². The topological polar surface area (TPSA) is 62.1 Å². The Morgan fingerprint density at radius 1 is 0.938 bits per heavy atom. The summed E-state index contributed by atoms with van der Waals surface area (Å²) < 4.78 is 5.73. The Morgan fingerprint density at radius 2 is 1.62 bits per heavy atom. The number of carbonyl (C=O) groups excluding carboxylic acids is 1. The number of ether oxygens (including phenoxy) is 1. The van der Waals surface area contributed by atoms with E-state index in [-0.39, 0.29) is 28.0 Å². The van der Waals surface area contributed by atoms with Crippen LogP contribution in [-0.2, 0) is 11.4 Å². The molecule has 0 aromatic heterocycles. The number of benzene rings is 3. The standard InChI is InChI=1S/C23H13Cl5N2O2/c24-16-2-1-3-18(9-16)30-23(31)15(11-29)6-13-7-20(27)22(21(28)8-13)32-12-14-4-5-17(25)10-19(14)26/h1-10H,12H2,(H,30,31)/b15-6+. The Bertz CT molecular complexity index is 1230. The summed E-state index contributed by atoms with van der Waals surface area (Å²) in [5.41, 5.74) is 1.48. The first-order valence-electron chi connectivity index (χ1n) is 9.01. The van der Waals surface area contributed by atoms with Crippen LogP contribution in [0.25, 0.3) is 6.08 Å². The number of carbonyl (C=O) groups is 1. The molecule has 0 atom stereocenters. The Balaban J connectivity index is 1.78. The summed E-state index contributed by atoms with van der Waals surface area (Å²) in [6.45, 7) is 0.121. The van der Waals surface area contributed by atoms with Gasteiger partial charge in [-0.1, -0.05) is 70.1 Å². The van der Waals surface area contributed by atoms with Crippen LogP contribution in [0.3, 0.4) is 0 Å². The molecule has 1 amide bonds. The van der Waals surface area contributed by atoms with Crippen LogP contribution in [0.4, 0.5) is 5.69 Å². The van der Waals surface area contributed by atoms with Gasteiger partial charge in [0.15, 0.2) is 5.75 Å². The van der Waals surface area contributed by atoms with Crippen LogP contribution in [0.5, 0.6) is 5.75 Å². The highest BCUT2D eigenvalue weighted by Crippen LogP contribution is 2.36. The van der Waals surface area contributed by atoms with Crippen LogP contribution in [-0.4, -0.2) is 5.91 Å². The summed E-state index contributed by atoms with van der Waals surface area (Å²) in [4.78, 5) is 12.5. The summed E-state index contributed by atoms with van der Waals surface area (Å²) in [5.74, 6) is -0.349. The van der Waals surface area contributed by atoms with E-state index in [2.05, 4.69) is 5.32 Å². The average molecular weight is 527 g/mol. The molecule has 0 radical (unpaired) electrons. The Kier molecular flexibility index (Phi) is 8.31. The van der Waals surface area contributed by atoms with Crippen molar-refractivity contribution in [2.45, 2.75) is 6.61 Å². The molecule has 0 fully saturated rings. The minimum Gasteiger partial charge on any atom is -0.486 e. The van der Waals surface area contributed by atoms with E-state index in [0.29, 0.717) is 31.9 Å². The average Bonchev–Trinajstić information content (AvgIpc) is 2.72. The minimum absolute atomic E-state index is 0.121. The molecule has 1 N–H and O–H groups in total. The van der Waals surface area contributed by atoms with Crippen LogP contribution in [0.15, 0.2) is 60.2 Å². The van der Waals surface area contributed by atoms with E-state index >= 15 is 0 Å². The molecule has 0 heterocycles. The fourth-order valence-corrected chi connectivity index (χ4v) is 3.94. The van der Waals surface area contributed by atoms with Gasteiger partial charge in [0.1, 0.15) is 18.2 Å². The summed E-state index contributed by atoms with van der Waals surface area (Å²) >= 11 is 30.6. The third kappa shape index (κ3) is 6.32. The van der Waals surface area contributed by atoms with E-state index in [4.69, 9.17) is 62.7 Å². The van der Waals surface area contributed by atoms with Gasteiger partial charge in [-0.05, 0) is 54.1 Å². The molecule has 9 heteroatoms. The van der Waals surface area contributed by atoms with Crippen LogP contribution in [0.2, 0.25) is 25.1 Å². The van der Waals surface area contributed by atoms with E-state index in [1.807, 2.05) is 6.07 Å². The van der Waals surface area contributed by atoms with Crippen molar-refractivity contribution in [3.05, 3.63) is 96.4 Å². The minimum atomic E-state index is -0.597. The highest BCUT2D eigenvalue weighted by molar-refractivity contribution is 6.37. The van der Waals surface area contributed by atoms with E-state index in [0.717, 1.165) is 0 Å². The highest BCUT2D eigenvalue weighted by atomic mass is 35.5. The van der Waals surface area contributed by atoms with Crippen LogP contribution in [0.1, 0.15) is 11.1 Å². The summed E-state index contributed by atoms with van der Waals surface area (Å²) in [6, 6.07) is 16.6. The lowest BCUT2D eigenvalue weighted by Crippen LogP contribution is -2.13. The molecule has 3 rings (SSSR count). The second-order valence-corrected chi connectivity index (χ2v) is 8.57. The molecule has 32 heavy (non-hydrogen) atoms. The van der Waals surface area contributed by atoms with Crippen molar-refractivity contribution in [2.24, 2.45) is 0 Å². The number of rotatable bonds is 6. The fraction of sp³-hybridized carbons (Fsp3) is 0.0435. The molecule has 0 unspecified atom stereocenters. The number of amides is 1. The van der Waals surface area contributed by atoms with Crippen molar-refractivity contribution in [3.8, 4) is 11.8 Å². The zero-order valence-corrected chi connectivity index (χ0v) is 19.9. The molecular formula is C23H13Cl5N2O2. The second kappa shape index (κ2) is 11.0. The second-order valence-electron chi connectivity index (χ2n) is 6.47. The van der Waals surface area contributed by atoms with E-state index < -0.39 is 5.91 Å². The molecule has 162 valence electrons. The Labute approximate surface area is 209 Å². The SMILES string of the molecule is N#C/C(=C\c1cc(Cl)c(OCc2ccc(Cl)cc2Cl)c(Cl)c1)C(=O)Nc1cccc(Cl)c1. The monoisotopic (exact) mass is 524 g/mol. The van der Waals surface area contributed by atoms with Crippen molar-refractivity contribution in [3.63, 3.8) is 0 Å². The first kappa shape index (κ1) is 24.3. The van der Waals surface area contributed by atoms with Gasteiger partial charge in [0.2, 0.25) is 0 Å². The molecule has 0 aliphatic carbocycles. The molecule has 3 aromatic rings. The van der Waals surface area contributed by atoms with Crippen molar-refractivity contribution >= 4 is 75.7 Å². The van der Waals surface area contributed by atoms with Crippen LogP contribution >= 0.6 is 58.0 Å². The van der Waals surface area contributed by atoms with E-state index in [1.54, 1.807) is 42.5 Å². The molecule has 0 aliphatic heterocycles. The maximum Gasteiger partial charge on any atom is 0.266 e. The van der Waals surface area contributed by atoms with Gasteiger partial charge in [0, 0.05) is 26.3 Å². The lowest BCUT2D eigenvalue weighted by atomic mass is 10.1. The highest BCUT2D eigenvalue weighted by Gasteiger charge is 2.14. The fourth-order valence-electron chi connectivity index (χ4n) is 2.67. The predicted octanol–water partition coefficient (Wildman–Crippen LogP) is 8.08. The summed E-state index contributed by atoms with van der Waals surface area (Å²) in [6.07, 6.45) is 1.37. The van der Waals surface area contributed by atoms with Gasteiger partial charge in [-0.3, -0.25) is 4.79 Å². The smallest absolute Gasteiger partial charge is 0.266 e. The molecule has 0 spiro atoms. The normalized spacial score (nSPS) is 11.1.